The van der Waals surface area contributed by atoms with Gasteiger partial charge in [-0.2, -0.15) is 0 Å². The van der Waals surface area contributed by atoms with Crippen LogP contribution in [0.15, 0.2) is 18.2 Å². The smallest absolute Gasteiger partial charge is 0.232 e. The van der Waals surface area contributed by atoms with Crippen LogP contribution in [-0.2, 0) is 4.79 Å². The molecule has 1 aliphatic heterocycles. The molecule has 132 valence electrons. The summed E-state index contributed by atoms with van der Waals surface area (Å²) in [6, 6.07) is 5.55. The summed E-state index contributed by atoms with van der Waals surface area (Å²) in [7, 11) is 0. The zero-order valence-electron chi connectivity index (χ0n) is 14.0. The third-order valence-corrected chi connectivity index (χ3v) is 6.58. The van der Waals surface area contributed by atoms with Crippen molar-refractivity contribution in [2.24, 2.45) is 23.2 Å². The summed E-state index contributed by atoms with van der Waals surface area (Å²) in [6.45, 7) is 0.242. The molecule has 5 nitrogen and oxygen atoms in total. The number of thiocarbonyl (C=S) groups is 1. The van der Waals surface area contributed by atoms with Gasteiger partial charge in [0, 0.05) is 11.8 Å². The molecule has 5 aliphatic rings. The van der Waals surface area contributed by atoms with Gasteiger partial charge in [-0.25, -0.2) is 0 Å². The molecular weight excluding hydrogens is 336 g/mol. The van der Waals surface area contributed by atoms with Crippen molar-refractivity contribution in [3.05, 3.63) is 18.2 Å². The molecule has 4 aliphatic carbocycles. The molecule has 0 atom stereocenters. The number of hydrogen-bond acceptors (Lipinski definition) is 4. The SMILES string of the molecule is O=C(NC(=S)Nc1ccc2c(c1)OCO2)C12CC3CC(CC(C3)C1)C2. The first-order valence-electron chi connectivity index (χ1n) is 9.12. The first-order valence-corrected chi connectivity index (χ1v) is 9.53. The molecule has 6 rings (SSSR count). The number of fused-ring (bicyclic) bond motifs is 1. The molecular formula is C19H22N2O3S. The lowest BCUT2D eigenvalue weighted by atomic mass is 9.49. The molecule has 0 aromatic heterocycles. The number of amides is 1. The van der Waals surface area contributed by atoms with Gasteiger partial charge in [0.15, 0.2) is 16.6 Å². The summed E-state index contributed by atoms with van der Waals surface area (Å²) in [4.78, 5) is 13.0. The predicted octanol–water partition coefficient (Wildman–Crippen LogP) is 3.44. The Morgan fingerprint density at radius 1 is 1.04 bits per heavy atom. The van der Waals surface area contributed by atoms with E-state index in [2.05, 4.69) is 10.6 Å². The van der Waals surface area contributed by atoms with Crippen molar-refractivity contribution >= 4 is 28.9 Å². The summed E-state index contributed by atoms with van der Waals surface area (Å²) in [5.74, 6) is 3.77. The van der Waals surface area contributed by atoms with E-state index in [1.54, 1.807) is 0 Å². The monoisotopic (exact) mass is 358 g/mol. The quantitative estimate of drug-likeness (QED) is 0.793. The normalized spacial score (nSPS) is 34.0. The average Bonchev–Trinajstić information content (AvgIpc) is 3.01. The molecule has 0 spiro atoms. The van der Waals surface area contributed by atoms with Gasteiger partial charge in [-0.3, -0.25) is 4.79 Å². The van der Waals surface area contributed by atoms with Crippen LogP contribution in [0.3, 0.4) is 0 Å². The Hall–Kier alpha value is -1.82. The summed E-state index contributed by atoms with van der Waals surface area (Å²) >= 11 is 5.38. The van der Waals surface area contributed by atoms with E-state index in [1.165, 1.54) is 19.3 Å². The molecule has 4 bridgehead atoms. The lowest BCUT2D eigenvalue weighted by Crippen LogP contribution is -2.55. The van der Waals surface area contributed by atoms with Gasteiger partial charge in [-0.05, 0) is 80.6 Å². The minimum atomic E-state index is -0.185. The van der Waals surface area contributed by atoms with Gasteiger partial charge in [0.05, 0.1) is 5.41 Å². The molecule has 2 N–H and O–H groups in total. The van der Waals surface area contributed by atoms with E-state index >= 15 is 0 Å². The van der Waals surface area contributed by atoms with E-state index in [-0.39, 0.29) is 18.1 Å². The van der Waals surface area contributed by atoms with Gasteiger partial charge in [0.2, 0.25) is 12.7 Å². The van der Waals surface area contributed by atoms with E-state index in [0.29, 0.717) is 10.9 Å². The maximum absolute atomic E-state index is 13.0. The van der Waals surface area contributed by atoms with Crippen molar-refractivity contribution in [2.75, 3.05) is 12.1 Å². The van der Waals surface area contributed by atoms with Crippen LogP contribution in [-0.4, -0.2) is 17.8 Å². The number of benzene rings is 1. The van der Waals surface area contributed by atoms with Gasteiger partial charge in [0.25, 0.3) is 0 Å². The van der Waals surface area contributed by atoms with E-state index in [1.807, 2.05) is 18.2 Å². The van der Waals surface area contributed by atoms with Crippen LogP contribution >= 0.6 is 12.2 Å². The Morgan fingerprint density at radius 2 is 1.68 bits per heavy atom. The Balaban J connectivity index is 1.26. The number of nitrogens with one attached hydrogen (secondary N) is 2. The van der Waals surface area contributed by atoms with Gasteiger partial charge in [-0.15, -0.1) is 0 Å². The first kappa shape index (κ1) is 15.4. The minimum absolute atomic E-state index is 0.116. The molecule has 0 unspecified atom stereocenters. The lowest BCUT2D eigenvalue weighted by Gasteiger charge is -2.55. The van der Waals surface area contributed by atoms with Crippen LogP contribution in [0.25, 0.3) is 0 Å². The minimum Gasteiger partial charge on any atom is -0.454 e. The highest BCUT2D eigenvalue weighted by Crippen LogP contribution is 2.60. The Labute approximate surface area is 152 Å². The first-order chi connectivity index (χ1) is 12.1. The van der Waals surface area contributed by atoms with E-state index in [9.17, 15) is 4.79 Å². The summed E-state index contributed by atoms with van der Waals surface area (Å²) in [6.07, 6.45) is 7.09. The van der Waals surface area contributed by atoms with Gasteiger partial charge in [0.1, 0.15) is 0 Å². The van der Waals surface area contributed by atoms with Crippen LogP contribution in [0.1, 0.15) is 38.5 Å². The average molecular weight is 358 g/mol. The lowest BCUT2D eigenvalue weighted by molar-refractivity contribution is -0.144. The fraction of sp³-hybridized carbons (Fsp3) is 0.579. The molecule has 1 aromatic rings. The van der Waals surface area contributed by atoms with Crippen LogP contribution in [0.4, 0.5) is 5.69 Å². The largest absolute Gasteiger partial charge is 0.454 e. The summed E-state index contributed by atoms with van der Waals surface area (Å²) in [5, 5.41) is 6.42. The van der Waals surface area contributed by atoms with Crippen LogP contribution in [0.5, 0.6) is 11.5 Å². The highest BCUT2D eigenvalue weighted by atomic mass is 32.1. The summed E-state index contributed by atoms with van der Waals surface area (Å²) in [5.41, 5.74) is 0.607. The molecule has 25 heavy (non-hydrogen) atoms. The molecule has 1 aromatic carbocycles. The molecule has 0 radical (unpaired) electrons. The molecule has 0 saturated heterocycles. The van der Waals surface area contributed by atoms with Crippen LogP contribution < -0.4 is 20.1 Å². The molecule has 4 fully saturated rings. The Morgan fingerprint density at radius 3 is 2.36 bits per heavy atom. The fourth-order valence-electron chi connectivity index (χ4n) is 5.76. The van der Waals surface area contributed by atoms with Crippen LogP contribution in [0, 0.1) is 23.2 Å². The van der Waals surface area contributed by atoms with Crippen molar-refractivity contribution < 1.29 is 14.3 Å². The number of anilines is 1. The molecule has 6 heteroatoms. The maximum Gasteiger partial charge on any atom is 0.232 e. The second kappa shape index (κ2) is 5.59. The van der Waals surface area contributed by atoms with E-state index in [4.69, 9.17) is 21.7 Å². The Bertz CT molecular complexity index is 713. The number of hydrogen-bond donors (Lipinski definition) is 2. The molecule has 4 saturated carbocycles. The topological polar surface area (TPSA) is 59.6 Å². The third kappa shape index (κ3) is 2.67. The van der Waals surface area contributed by atoms with Gasteiger partial charge < -0.3 is 20.1 Å². The second-order valence-corrected chi connectivity index (χ2v) is 8.58. The van der Waals surface area contributed by atoms with Crippen molar-refractivity contribution in [1.29, 1.82) is 0 Å². The zero-order chi connectivity index (χ0) is 17.0. The highest BCUT2D eigenvalue weighted by Gasteiger charge is 2.54. The van der Waals surface area contributed by atoms with E-state index in [0.717, 1.165) is 48.5 Å². The number of ether oxygens (including phenoxy) is 2. The van der Waals surface area contributed by atoms with Crippen molar-refractivity contribution in [3.8, 4) is 11.5 Å². The van der Waals surface area contributed by atoms with Crippen molar-refractivity contribution in [2.45, 2.75) is 38.5 Å². The van der Waals surface area contributed by atoms with Crippen LogP contribution in [0.2, 0.25) is 0 Å². The maximum atomic E-state index is 13.0. The van der Waals surface area contributed by atoms with E-state index < -0.39 is 0 Å². The number of carbonyl (C=O) groups is 1. The molecule has 1 amide bonds. The summed E-state index contributed by atoms with van der Waals surface area (Å²) < 4.78 is 10.7. The van der Waals surface area contributed by atoms with Crippen molar-refractivity contribution in [3.63, 3.8) is 0 Å². The highest BCUT2D eigenvalue weighted by molar-refractivity contribution is 7.80. The zero-order valence-corrected chi connectivity index (χ0v) is 14.9. The Kier molecular flexibility index (Phi) is 3.45. The number of carbonyl (C=O) groups excluding carboxylic acids is 1. The third-order valence-electron chi connectivity index (χ3n) is 6.38. The van der Waals surface area contributed by atoms with Crippen molar-refractivity contribution in [1.82, 2.24) is 5.32 Å². The van der Waals surface area contributed by atoms with Gasteiger partial charge in [-0.1, -0.05) is 0 Å². The number of rotatable bonds is 2. The molecule has 1 heterocycles. The predicted molar refractivity (Wildman–Crippen MR) is 97.5 cm³/mol. The van der Waals surface area contributed by atoms with Gasteiger partial charge >= 0.3 is 0 Å². The standard InChI is InChI=1S/C19H22N2O3S/c22-17(19-7-11-3-12(8-19)5-13(4-11)9-19)21-18(25)20-14-1-2-15-16(6-14)24-10-23-15/h1-2,6,11-13H,3-5,7-10H2,(H2,20,21,22,25). The second-order valence-electron chi connectivity index (χ2n) is 8.17. The fourth-order valence-corrected chi connectivity index (χ4v) is 5.97.